The number of halogens is 4. The molecule has 0 aliphatic rings. The van der Waals surface area contributed by atoms with Crippen LogP contribution >= 0.6 is 35.4 Å². The zero-order valence-corrected chi connectivity index (χ0v) is 12.2. The lowest BCUT2D eigenvalue weighted by atomic mass is 10.3. The van der Waals surface area contributed by atoms with Gasteiger partial charge in [0.1, 0.15) is 11.6 Å². The summed E-state index contributed by atoms with van der Waals surface area (Å²) in [5.74, 6) is -0.955. The Kier molecular flexibility index (Phi) is 4.75. The SMILES string of the molecule is Fc1ccc(NC(=S)Nc2cc(Cl)ccc2F)c(Cl)c1. The quantitative estimate of drug-likeness (QED) is 0.750. The molecular formula is C13H8Cl2F2N2S. The highest BCUT2D eigenvalue weighted by Crippen LogP contribution is 2.23. The molecule has 0 spiro atoms. The van der Waals surface area contributed by atoms with Gasteiger partial charge in [-0.2, -0.15) is 0 Å². The maximum atomic E-state index is 13.5. The van der Waals surface area contributed by atoms with Crippen molar-refractivity contribution in [1.82, 2.24) is 0 Å². The number of hydrogen-bond donors (Lipinski definition) is 2. The molecule has 7 heteroatoms. The molecule has 0 atom stereocenters. The number of nitrogens with one attached hydrogen (secondary N) is 2. The molecule has 0 bridgehead atoms. The van der Waals surface area contributed by atoms with Crippen molar-refractivity contribution in [1.29, 1.82) is 0 Å². The minimum Gasteiger partial charge on any atom is -0.331 e. The van der Waals surface area contributed by atoms with Crippen LogP contribution in [-0.2, 0) is 0 Å². The highest BCUT2D eigenvalue weighted by molar-refractivity contribution is 7.80. The van der Waals surface area contributed by atoms with Crippen LogP contribution in [0.15, 0.2) is 36.4 Å². The average molecular weight is 333 g/mol. The fourth-order valence-corrected chi connectivity index (χ4v) is 2.07. The van der Waals surface area contributed by atoms with Gasteiger partial charge in [0.15, 0.2) is 5.11 Å². The summed E-state index contributed by atoms with van der Waals surface area (Å²) in [4.78, 5) is 0. The van der Waals surface area contributed by atoms with Gasteiger partial charge in [0.25, 0.3) is 0 Å². The molecule has 2 rings (SSSR count). The normalized spacial score (nSPS) is 10.2. The van der Waals surface area contributed by atoms with Crippen molar-refractivity contribution in [2.75, 3.05) is 10.6 Å². The molecule has 0 fully saturated rings. The maximum absolute atomic E-state index is 13.5. The van der Waals surface area contributed by atoms with Gasteiger partial charge >= 0.3 is 0 Å². The van der Waals surface area contributed by atoms with Crippen LogP contribution in [0.2, 0.25) is 10.0 Å². The largest absolute Gasteiger partial charge is 0.331 e. The molecule has 0 saturated heterocycles. The second-order valence-electron chi connectivity index (χ2n) is 3.83. The summed E-state index contributed by atoms with van der Waals surface area (Å²) in [5, 5.41) is 6.04. The molecule has 0 amide bonds. The van der Waals surface area contributed by atoms with Crippen molar-refractivity contribution < 1.29 is 8.78 Å². The van der Waals surface area contributed by atoms with E-state index in [9.17, 15) is 8.78 Å². The van der Waals surface area contributed by atoms with E-state index in [0.717, 1.165) is 6.07 Å². The van der Waals surface area contributed by atoms with Crippen LogP contribution in [0.4, 0.5) is 20.2 Å². The van der Waals surface area contributed by atoms with Gasteiger partial charge in [-0.15, -0.1) is 0 Å². The summed E-state index contributed by atoms with van der Waals surface area (Å²) in [5.41, 5.74) is 0.543. The Balaban J connectivity index is 2.11. The number of benzene rings is 2. The predicted molar refractivity (Wildman–Crippen MR) is 82.7 cm³/mol. The fraction of sp³-hybridized carbons (Fsp3) is 0. The smallest absolute Gasteiger partial charge is 0.175 e. The molecule has 0 radical (unpaired) electrons. The highest BCUT2D eigenvalue weighted by Gasteiger charge is 2.07. The third-order valence-corrected chi connectivity index (χ3v) is 3.11. The van der Waals surface area contributed by atoms with E-state index in [1.165, 1.54) is 30.3 Å². The van der Waals surface area contributed by atoms with Gasteiger partial charge in [0.05, 0.1) is 16.4 Å². The summed E-state index contributed by atoms with van der Waals surface area (Å²) in [6.45, 7) is 0. The van der Waals surface area contributed by atoms with Crippen molar-refractivity contribution >= 4 is 51.9 Å². The van der Waals surface area contributed by atoms with Crippen LogP contribution in [0.25, 0.3) is 0 Å². The molecule has 0 saturated carbocycles. The zero-order valence-electron chi connectivity index (χ0n) is 9.88. The lowest BCUT2D eigenvalue weighted by molar-refractivity contribution is 0.628. The van der Waals surface area contributed by atoms with Crippen LogP contribution in [0.1, 0.15) is 0 Å². The first-order chi connectivity index (χ1) is 9.45. The van der Waals surface area contributed by atoms with E-state index >= 15 is 0 Å². The first-order valence-corrected chi connectivity index (χ1v) is 6.60. The second-order valence-corrected chi connectivity index (χ2v) is 5.08. The molecule has 2 N–H and O–H groups in total. The first kappa shape index (κ1) is 15.0. The molecule has 0 aromatic heterocycles. The molecule has 2 aromatic carbocycles. The molecule has 104 valence electrons. The van der Waals surface area contributed by atoms with Crippen molar-refractivity contribution in [3.05, 3.63) is 58.1 Å². The first-order valence-electron chi connectivity index (χ1n) is 5.44. The van der Waals surface area contributed by atoms with Crippen LogP contribution in [0.3, 0.4) is 0 Å². The van der Waals surface area contributed by atoms with Gasteiger partial charge in [-0.3, -0.25) is 0 Å². The van der Waals surface area contributed by atoms with Crippen molar-refractivity contribution in [3.63, 3.8) is 0 Å². The molecule has 20 heavy (non-hydrogen) atoms. The van der Waals surface area contributed by atoms with E-state index < -0.39 is 11.6 Å². The number of thiocarbonyl (C=S) groups is 1. The van der Waals surface area contributed by atoms with Crippen molar-refractivity contribution in [3.8, 4) is 0 Å². The average Bonchev–Trinajstić information content (AvgIpc) is 2.37. The van der Waals surface area contributed by atoms with E-state index in [1.54, 1.807) is 0 Å². The third kappa shape index (κ3) is 3.79. The number of hydrogen-bond acceptors (Lipinski definition) is 1. The van der Waals surface area contributed by atoms with E-state index in [1.807, 2.05) is 0 Å². The van der Waals surface area contributed by atoms with E-state index in [4.69, 9.17) is 35.4 Å². The molecule has 0 aliphatic carbocycles. The maximum Gasteiger partial charge on any atom is 0.175 e. The van der Waals surface area contributed by atoms with Gasteiger partial charge in [0.2, 0.25) is 0 Å². The molecule has 2 nitrogen and oxygen atoms in total. The van der Waals surface area contributed by atoms with Gasteiger partial charge in [0, 0.05) is 5.02 Å². The van der Waals surface area contributed by atoms with E-state index in [2.05, 4.69) is 10.6 Å². The summed E-state index contributed by atoms with van der Waals surface area (Å²) < 4.78 is 26.4. The summed E-state index contributed by atoms with van der Waals surface area (Å²) in [7, 11) is 0. The Hall–Kier alpha value is -1.43. The Bertz CT molecular complexity index is 665. The Morgan fingerprint density at radius 2 is 1.65 bits per heavy atom. The Morgan fingerprint density at radius 3 is 2.35 bits per heavy atom. The summed E-state index contributed by atoms with van der Waals surface area (Å²) >= 11 is 16.6. The summed E-state index contributed by atoms with van der Waals surface area (Å²) in [6, 6.07) is 7.86. The zero-order chi connectivity index (χ0) is 14.7. The van der Waals surface area contributed by atoms with E-state index in [0.29, 0.717) is 10.7 Å². The highest BCUT2D eigenvalue weighted by atomic mass is 35.5. The van der Waals surface area contributed by atoms with Crippen molar-refractivity contribution in [2.45, 2.75) is 0 Å². The molecule has 0 unspecified atom stereocenters. The molecule has 2 aromatic rings. The topological polar surface area (TPSA) is 24.1 Å². The Labute approximate surface area is 129 Å². The predicted octanol–water partition coefficient (Wildman–Crippen LogP) is 5.08. The van der Waals surface area contributed by atoms with Gasteiger partial charge in [-0.05, 0) is 48.6 Å². The summed E-state index contributed by atoms with van der Waals surface area (Å²) in [6.07, 6.45) is 0. The molecule has 0 aliphatic heterocycles. The lowest BCUT2D eigenvalue weighted by Gasteiger charge is -2.12. The van der Waals surface area contributed by atoms with Crippen LogP contribution in [0, 0.1) is 11.6 Å². The fourth-order valence-electron chi connectivity index (χ4n) is 1.46. The third-order valence-electron chi connectivity index (χ3n) is 2.36. The lowest BCUT2D eigenvalue weighted by Crippen LogP contribution is -2.20. The monoisotopic (exact) mass is 332 g/mol. The van der Waals surface area contributed by atoms with Crippen LogP contribution < -0.4 is 10.6 Å². The van der Waals surface area contributed by atoms with E-state index in [-0.39, 0.29) is 15.8 Å². The van der Waals surface area contributed by atoms with Gasteiger partial charge in [-0.25, -0.2) is 8.78 Å². The minimum absolute atomic E-state index is 0.111. The molecular weight excluding hydrogens is 325 g/mol. The van der Waals surface area contributed by atoms with Gasteiger partial charge in [-0.1, -0.05) is 23.2 Å². The van der Waals surface area contributed by atoms with Crippen LogP contribution in [-0.4, -0.2) is 5.11 Å². The van der Waals surface area contributed by atoms with Crippen molar-refractivity contribution in [2.24, 2.45) is 0 Å². The van der Waals surface area contributed by atoms with Gasteiger partial charge < -0.3 is 10.6 Å². The van der Waals surface area contributed by atoms with Crippen LogP contribution in [0.5, 0.6) is 0 Å². The second kappa shape index (κ2) is 6.35. The Morgan fingerprint density at radius 1 is 0.950 bits per heavy atom. The number of anilines is 2. The minimum atomic E-state index is -0.497. The standard InChI is InChI=1S/C13H8Cl2F2N2S/c14-7-1-3-10(17)12(5-7)19-13(20)18-11-4-2-8(16)6-9(11)15/h1-6H,(H2,18,19,20). The molecule has 0 heterocycles. The number of rotatable bonds is 2.